The summed E-state index contributed by atoms with van der Waals surface area (Å²) in [6.45, 7) is 4.12. The Morgan fingerprint density at radius 2 is 1.90 bits per heavy atom. The number of nitrogens with zero attached hydrogens (tertiary/aromatic N) is 3. The van der Waals surface area contributed by atoms with E-state index in [-0.39, 0.29) is 11.9 Å². The fourth-order valence-corrected chi connectivity index (χ4v) is 4.48. The molecule has 0 saturated carbocycles. The Morgan fingerprint density at radius 3 is 2.59 bits per heavy atom. The first-order valence-corrected chi connectivity index (χ1v) is 10.8. The van der Waals surface area contributed by atoms with Crippen LogP contribution < -0.4 is 10.7 Å². The van der Waals surface area contributed by atoms with Crippen LogP contribution in [0.25, 0.3) is 0 Å². The highest BCUT2D eigenvalue weighted by Crippen LogP contribution is 2.38. The monoisotopic (exact) mass is 427 g/mol. The van der Waals surface area contributed by atoms with Crippen molar-refractivity contribution in [3.05, 3.63) is 70.5 Å². The fraction of sp³-hybridized carbons (Fsp3) is 0.286. The van der Waals surface area contributed by atoms with Crippen molar-refractivity contribution >= 4 is 35.0 Å². The SMILES string of the molecule is CCCc1nnc2n1NC(c1ccc(Cl)cc1)C(C(=O)Nc1ccc(C)cc1)S2. The maximum atomic E-state index is 13.2. The van der Waals surface area contributed by atoms with Crippen LogP contribution in [-0.4, -0.2) is 26.0 Å². The zero-order valence-corrected chi connectivity index (χ0v) is 17.8. The summed E-state index contributed by atoms with van der Waals surface area (Å²) < 4.78 is 1.91. The summed E-state index contributed by atoms with van der Waals surface area (Å²) in [4.78, 5) is 13.2. The number of halogens is 1. The van der Waals surface area contributed by atoms with Crippen LogP contribution in [0.15, 0.2) is 53.7 Å². The Balaban J connectivity index is 1.65. The average Bonchev–Trinajstić information content (AvgIpc) is 3.11. The van der Waals surface area contributed by atoms with Crippen LogP contribution in [0, 0.1) is 6.92 Å². The normalized spacial score (nSPS) is 18.0. The smallest absolute Gasteiger partial charge is 0.240 e. The van der Waals surface area contributed by atoms with Crippen molar-refractivity contribution in [2.75, 3.05) is 10.7 Å². The van der Waals surface area contributed by atoms with Crippen LogP contribution in [0.3, 0.4) is 0 Å². The summed E-state index contributed by atoms with van der Waals surface area (Å²) in [5, 5.41) is 12.5. The number of aryl methyl sites for hydroxylation is 2. The molecule has 2 N–H and O–H groups in total. The van der Waals surface area contributed by atoms with E-state index in [9.17, 15) is 4.79 Å². The molecule has 1 aliphatic heterocycles. The van der Waals surface area contributed by atoms with E-state index < -0.39 is 5.25 Å². The van der Waals surface area contributed by atoms with Crippen molar-refractivity contribution in [3.63, 3.8) is 0 Å². The van der Waals surface area contributed by atoms with Gasteiger partial charge in [-0.3, -0.25) is 4.79 Å². The molecule has 1 aliphatic rings. The second-order valence-corrected chi connectivity index (χ2v) is 8.58. The number of carbonyl (C=O) groups excluding carboxylic acids is 1. The minimum atomic E-state index is -0.413. The van der Waals surface area contributed by atoms with Crippen molar-refractivity contribution < 1.29 is 4.79 Å². The number of anilines is 1. The number of benzene rings is 2. The summed E-state index contributed by atoms with van der Waals surface area (Å²) in [7, 11) is 0. The van der Waals surface area contributed by atoms with Crippen molar-refractivity contribution in [1.82, 2.24) is 14.9 Å². The highest BCUT2D eigenvalue weighted by molar-refractivity contribution is 8.00. The number of thioether (sulfide) groups is 1. The topological polar surface area (TPSA) is 71.8 Å². The zero-order chi connectivity index (χ0) is 20.4. The first-order valence-electron chi connectivity index (χ1n) is 9.55. The average molecular weight is 428 g/mol. The van der Waals surface area contributed by atoms with E-state index in [1.807, 2.05) is 60.1 Å². The third-order valence-electron chi connectivity index (χ3n) is 4.78. The molecular weight excluding hydrogens is 406 g/mol. The number of hydrogen-bond acceptors (Lipinski definition) is 5. The molecule has 2 aromatic carbocycles. The highest BCUT2D eigenvalue weighted by Gasteiger charge is 2.37. The molecule has 2 unspecified atom stereocenters. The molecule has 1 amide bonds. The highest BCUT2D eigenvalue weighted by atomic mass is 35.5. The maximum absolute atomic E-state index is 13.2. The second-order valence-electron chi connectivity index (χ2n) is 7.04. The minimum Gasteiger partial charge on any atom is -0.325 e. The van der Waals surface area contributed by atoms with Gasteiger partial charge in [0.15, 0.2) is 5.82 Å². The van der Waals surface area contributed by atoms with Gasteiger partial charge in [-0.05, 0) is 43.2 Å². The molecule has 0 bridgehead atoms. The van der Waals surface area contributed by atoms with Gasteiger partial charge in [-0.25, -0.2) is 4.68 Å². The van der Waals surface area contributed by atoms with E-state index >= 15 is 0 Å². The first-order chi connectivity index (χ1) is 14.0. The molecule has 3 aromatic rings. The van der Waals surface area contributed by atoms with Gasteiger partial charge in [0, 0.05) is 17.1 Å². The van der Waals surface area contributed by atoms with Crippen LogP contribution in [0.5, 0.6) is 0 Å². The summed E-state index contributed by atoms with van der Waals surface area (Å²) in [5.41, 5.74) is 6.36. The molecule has 0 saturated heterocycles. The standard InChI is InChI=1S/C21H22ClN5OS/c1-3-4-17-24-25-21-27(17)26-18(14-7-9-15(22)10-8-14)19(29-21)20(28)23-16-11-5-13(2)6-12-16/h5-12,18-19,26H,3-4H2,1-2H3,(H,23,28). The molecule has 2 heterocycles. The molecule has 2 atom stereocenters. The molecule has 0 spiro atoms. The van der Waals surface area contributed by atoms with E-state index in [1.165, 1.54) is 11.8 Å². The molecule has 4 rings (SSSR count). The molecule has 1 aromatic heterocycles. The van der Waals surface area contributed by atoms with Crippen LogP contribution >= 0.6 is 23.4 Å². The molecule has 150 valence electrons. The van der Waals surface area contributed by atoms with E-state index in [4.69, 9.17) is 11.6 Å². The van der Waals surface area contributed by atoms with Gasteiger partial charge in [0.2, 0.25) is 11.1 Å². The van der Waals surface area contributed by atoms with Gasteiger partial charge in [0.1, 0.15) is 5.25 Å². The van der Waals surface area contributed by atoms with Gasteiger partial charge < -0.3 is 10.7 Å². The number of amides is 1. The molecule has 0 radical (unpaired) electrons. The number of rotatable bonds is 5. The van der Waals surface area contributed by atoms with Crippen LogP contribution in [0.4, 0.5) is 5.69 Å². The first kappa shape index (κ1) is 19.8. The predicted octanol–water partition coefficient (Wildman–Crippen LogP) is 4.59. The summed E-state index contributed by atoms with van der Waals surface area (Å²) in [6.07, 6.45) is 1.78. The van der Waals surface area contributed by atoms with Gasteiger partial charge in [-0.15, -0.1) is 10.2 Å². The van der Waals surface area contributed by atoms with Crippen molar-refractivity contribution in [3.8, 4) is 0 Å². The molecule has 29 heavy (non-hydrogen) atoms. The number of nitrogens with one attached hydrogen (secondary N) is 2. The lowest BCUT2D eigenvalue weighted by Gasteiger charge is -2.33. The van der Waals surface area contributed by atoms with Gasteiger partial charge in [-0.1, -0.05) is 60.1 Å². The maximum Gasteiger partial charge on any atom is 0.240 e. The Morgan fingerprint density at radius 1 is 1.17 bits per heavy atom. The van der Waals surface area contributed by atoms with E-state index in [2.05, 4.69) is 27.9 Å². The second kappa shape index (κ2) is 8.47. The third kappa shape index (κ3) is 4.26. The zero-order valence-electron chi connectivity index (χ0n) is 16.2. The molecular formula is C21H22ClN5OS. The van der Waals surface area contributed by atoms with Crippen molar-refractivity contribution in [2.24, 2.45) is 0 Å². The van der Waals surface area contributed by atoms with Gasteiger partial charge >= 0.3 is 0 Å². The van der Waals surface area contributed by atoms with E-state index in [0.717, 1.165) is 35.5 Å². The number of carbonyl (C=O) groups is 1. The van der Waals surface area contributed by atoms with Gasteiger partial charge in [-0.2, -0.15) is 0 Å². The summed E-state index contributed by atoms with van der Waals surface area (Å²) in [5.74, 6) is 0.781. The lowest BCUT2D eigenvalue weighted by Crippen LogP contribution is -2.41. The summed E-state index contributed by atoms with van der Waals surface area (Å²) in [6, 6.07) is 15.1. The van der Waals surface area contributed by atoms with E-state index in [1.54, 1.807) is 0 Å². The van der Waals surface area contributed by atoms with Crippen LogP contribution in [-0.2, 0) is 11.2 Å². The van der Waals surface area contributed by atoms with Crippen molar-refractivity contribution in [2.45, 2.75) is 43.1 Å². The van der Waals surface area contributed by atoms with Gasteiger partial charge in [0.05, 0.1) is 6.04 Å². The van der Waals surface area contributed by atoms with Crippen LogP contribution in [0.2, 0.25) is 5.02 Å². The number of hydrogen-bond donors (Lipinski definition) is 2. The molecule has 8 heteroatoms. The Bertz CT molecular complexity index is 1000. The van der Waals surface area contributed by atoms with Gasteiger partial charge in [0.25, 0.3) is 0 Å². The molecule has 0 fully saturated rings. The van der Waals surface area contributed by atoms with Crippen molar-refractivity contribution in [1.29, 1.82) is 0 Å². The summed E-state index contributed by atoms with van der Waals surface area (Å²) >= 11 is 7.49. The predicted molar refractivity (Wildman–Crippen MR) is 117 cm³/mol. The Labute approximate surface area is 179 Å². The molecule has 0 aliphatic carbocycles. The largest absolute Gasteiger partial charge is 0.325 e. The Hall–Kier alpha value is -2.51. The third-order valence-corrected chi connectivity index (χ3v) is 6.25. The van der Waals surface area contributed by atoms with E-state index in [0.29, 0.717) is 10.2 Å². The Kier molecular flexibility index (Phi) is 5.78. The fourth-order valence-electron chi connectivity index (χ4n) is 3.25. The number of fused-ring (bicyclic) bond motifs is 1. The van der Waals surface area contributed by atoms with Crippen LogP contribution in [0.1, 0.15) is 36.3 Å². The lowest BCUT2D eigenvalue weighted by molar-refractivity contribution is -0.116. The number of aromatic nitrogens is 3. The quantitative estimate of drug-likeness (QED) is 0.623. The molecule has 6 nitrogen and oxygen atoms in total. The minimum absolute atomic E-state index is 0.0856. The lowest BCUT2D eigenvalue weighted by atomic mass is 10.0.